The monoisotopic (exact) mass is 452 g/mol. The predicted molar refractivity (Wildman–Crippen MR) is 121 cm³/mol. The number of carbonyl (C=O) groups excluding carboxylic acids is 2. The lowest BCUT2D eigenvalue weighted by atomic mass is 10.1. The van der Waals surface area contributed by atoms with E-state index in [1.165, 1.54) is 14.1 Å². The molecule has 1 amide bonds. The normalized spacial score (nSPS) is 13.9. The summed E-state index contributed by atoms with van der Waals surface area (Å²) in [6.07, 6.45) is 1.92. The van der Waals surface area contributed by atoms with E-state index < -0.39 is 17.2 Å². The van der Waals surface area contributed by atoms with Crippen molar-refractivity contribution in [2.24, 2.45) is 12.1 Å². The number of aryl methyl sites for hydroxylation is 2. The SMILES string of the molecule is CCCCn1c(=O)[nH]c(=O)c2c1nc(COC(=O)C1=NN(c3ccccc3)C(=O)CC1)n2C. The number of ether oxygens (including phenoxy) is 1. The number of imidazole rings is 1. The van der Waals surface area contributed by atoms with Crippen molar-refractivity contribution in [3.05, 3.63) is 57.0 Å². The molecule has 172 valence electrons. The van der Waals surface area contributed by atoms with E-state index in [0.717, 1.165) is 12.8 Å². The van der Waals surface area contributed by atoms with Gasteiger partial charge in [0.1, 0.15) is 18.1 Å². The third-order valence-corrected chi connectivity index (χ3v) is 5.44. The molecule has 0 fully saturated rings. The minimum Gasteiger partial charge on any atom is -0.453 e. The Hall–Kier alpha value is -4.02. The van der Waals surface area contributed by atoms with Gasteiger partial charge in [0, 0.05) is 26.4 Å². The minimum absolute atomic E-state index is 0.120. The Morgan fingerprint density at radius 3 is 2.64 bits per heavy atom. The smallest absolute Gasteiger partial charge is 0.354 e. The van der Waals surface area contributed by atoms with Crippen molar-refractivity contribution in [1.82, 2.24) is 19.1 Å². The van der Waals surface area contributed by atoms with Crippen LogP contribution in [0.2, 0.25) is 0 Å². The molecule has 11 heteroatoms. The van der Waals surface area contributed by atoms with Crippen molar-refractivity contribution in [1.29, 1.82) is 0 Å². The zero-order valence-corrected chi connectivity index (χ0v) is 18.4. The zero-order chi connectivity index (χ0) is 23.5. The molecule has 0 bridgehead atoms. The van der Waals surface area contributed by atoms with Gasteiger partial charge in [0.2, 0.25) is 5.91 Å². The fourth-order valence-corrected chi connectivity index (χ4v) is 3.63. The molecule has 1 aliphatic heterocycles. The third-order valence-electron chi connectivity index (χ3n) is 5.44. The van der Waals surface area contributed by atoms with Crippen LogP contribution in [-0.2, 0) is 34.5 Å². The quantitative estimate of drug-likeness (QED) is 0.540. The van der Waals surface area contributed by atoms with Gasteiger partial charge in [-0.25, -0.2) is 19.6 Å². The average Bonchev–Trinajstić information content (AvgIpc) is 3.14. The van der Waals surface area contributed by atoms with Crippen molar-refractivity contribution in [3.63, 3.8) is 0 Å². The van der Waals surface area contributed by atoms with Crippen molar-refractivity contribution < 1.29 is 14.3 Å². The number of para-hydroxylation sites is 1. The van der Waals surface area contributed by atoms with Gasteiger partial charge in [-0.2, -0.15) is 5.10 Å². The Balaban J connectivity index is 1.57. The number of nitrogens with one attached hydrogen (secondary N) is 1. The molecular weight excluding hydrogens is 428 g/mol. The molecular formula is C22H24N6O5. The Labute approximate surface area is 188 Å². The summed E-state index contributed by atoms with van der Waals surface area (Å²) < 4.78 is 8.32. The number of rotatable bonds is 7. The number of benzene rings is 1. The van der Waals surface area contributed by atoms with Crippen LogP contribution < -0.4 is 16.3 Å². The van der Waals surface area contributed by atoms with Crippen LogP contribution in [0.1, 0.15) is 38.4 Å². The number of anilines is 1. The molecule has 0 atom stereocenters. The molecule has 33 heavy (non-hydrogen) atoms. The number of H-pyrrole nitrogens is 1. The number of fused-ring (bicyclic) bond motifs is 1. The van der Waals surface area contributed by atoms with Gasteiger partial charge in [-0.15, -0.1) is 0 Å². The Morgan fingerprint density at radius 2 is 1.91 bits per heavy atom. The summed E-state index contributed by atoms with van der Waals surface area (Å²) in [4.78, 5) is 56.2. The number of hydrazone groups is 1. The van der Waals surface area contributed by atoms with Gasteiger partial charge in [-0.05, 0) is 18.6 Å². The Kier molecular flexibility index (Phi) is 6.20. The van der Waals surface area contributed by atoms with E-state index in [4.69, 9.17) is 4.74 Å². The molecule has 11 nitrogen and oxygen atoms in total. The summed E-state index contributed by atoms with van der Waals surface area (Å²) in [6, 6.07) is 8.83. The summed E-state index contributed by atoms with van der Waals surface area (Å²) in [6.45, 7) is 2.19. The highest BCUT2D eigenvalue weighted by molar-refractivity contribution is 6.37. The van der Waals surface area contributed by atoms with E-state index in [1.807, 2.05) is 13.0 Å². The second kappa shape index (κ2) is 9.23. The third kappa shape index (κ3) is 4.34. The summed E-state index contributed by atoms with van der Waals surface area (Å²) in [5.74, 6) is -0.572. The molecule has 1 aromatic carbocycles. The maximum absolute atomic E-state index is 12.7. The first-order valence-electron chi connectivity index (χ1n) is 10.7. The lowest BCUT2D eigenvalue weighted by Gasteiger charge is -2.22. The highest BCUT2D eigenvalue weighted by Crippen LogP contribution is 2.20. The van der Waals surface area contributed by atoms with Crippen LogP contribution in [0.3, 0.4) is 0 Å². The molecule has 3 heterocycles. The molecule has 2 aromatic heterocycles. The molecule has 1 N–H and O–H groups in total. The van der Waals surface area contributed by atoms with Gasteiger partial charge < -0.3 is 9.30 Å². The Bertz CT molecular complexity index is 1350. The zero-order valence-electron chi connectivity index (χ0n) is 18.4. The summed E-state index contributed by atoms with van der Waals surface area (Å²) in [5, 5.41) is 5.38. The summed E-state index contributed by atoms with van der Waals surface area (Å²) >= 11 is 0. The molecule has 0 radical (unpaired) electrons. The van der Waals surface area contributed by atoms with Crippen LogP contribution in [0.4, 0.5) is 5.69 Å². The van der Waals surface area contributed by atoms with Crippen LogP contribution in [-0.4, -0.2) is 36.7 Å². The lowest BCUT2D eigenvalue weighted by Crippen LogP contribution is -2.35. The van der Waals surface area contributed by atoms with Crippen LogP contribution in [0, 0.1) is 0 Å². The van der Waals surface area contributed by atoms with E-state index in [1.54, 1.807) is 31.3 Å². The number of aromatic nitrogens is 4. The fourth-order valence-electron chi connectivity index (χ4n) is 3.63. The van der Waals surface area contributed by atoms with Crippen LogP contribution in [0.25, 0.3) is 11.2 Å². The highest BCUT2D eigenvalue weighted by atomic mass is 16.5. The molecule has 4 rings (SSSR count). The molecule has 1 aliphatic rings. The topological polar surface area (TPSA) is 132 Å². The number of amides is 1. The first-order chi connectivity index (χ1) is 15.9. The van der Waals surface area contributed by atoms with Gasteiger partial charge >= 0.3 is 11.7 Å². The number of hydrogen-bond donors (Lipinski definition) is 1. The summed E-state index contributed by atoms with van der Waals surface area (Å²) in [7, 11) is 1.62. The van der Waals surface area contributed by atoms with Gasteiger partial charge in [0.05, 0.1) is 5.69 Å². The molecule has 3 aromatic rings. The maximum atomic E-state index is 12.7. The highest BCUT2D eigenvalue weighted by Gasteiger charge is 2.27. The van der Waals surface area contributed by atoms with Crippen molar-refractivity contribution in [3.8, 4) is 0 Å². The average molecular weight is 452 g/mol. The lowest BCUT2D eigenvalue weighted by molar-refractivity contribution is -0.137. The first-order valence-corrected chi connectivity index (χ1v) is 10.7. The van der Waals surface area contributed by atoms with Crippen LogP contribution in [0.5, 0.6) is 0 Å². The second-order valence-corrected chi connectivity index (χ2v) is 7.69. The van der Waals surface area contributed by atoms with Gasteiger partial charge in [0.15, 0.2) is 11.2 Å². The number of carbonyl (C=O) groups is 2. The fraction of sp³-hybridized carbons (Fsp3) is 0.364. The molecule has 0 saturated heterocycles. The first kappa shape index (κ1) is 22.2. The molecule has 0 unspecified atom stereocenters. The molecule has 0 aliphatic carbocycles. The van der Waals surface area contributed by atoms with Crippen LogP contribution in [0.15, 0.2) is 45.0 Å². The maximum Gasteiger partial charge on any atom is 0.354 e. The minimum atomic E-state index is -0.673. The van der Waals surface area contributed by atoms with Gasteiger partial charge in [-0.1, -0.05) is 31.5 Å². The number of unbranched alkanes of at least 4 members (excludes halogenated alkanes) is 1. The van der Waals surface area contributed by atoms with E-state index in [0.29, 0.717) is 18.1 Å². The van der Waals surface area contributed by atoms with E-state index >= 15 is 0 Å². The van der Waals surface area contributed by atoms with Gasteiger partial charge in [0.25, 0.3) is 5.56 Å². The van der Waals surface area contributed by atoms with Gasteiger partial charge in [-0.3, -0.25) is 19.1 Å². The van der Waals surface area contributed by atoms with Crippen molar-refractivity contribution in [2.75, 3.05) is 5.01 Å². The van der Waals surface area contributed by atoms with Crippen molar-refractivity contribution >= 4 is 34.4 Å². The number of esters is 1. The number of hydrogen-bond acceptors (Lipinski definition) is 7. The standard InChI is InChI=1S/C22H24N6O5/c1-3-4-12-27-19-18(20(30)24-22(27)32)26(2)16(23-19)13-33-21(31)15-10-11-17(29)28(25-15)14-8-6-5-7-9-14/h5-9H,3-4,10-13H2,1-2H3,(H,24,30,32). The van der Waals surface area contributed by atoms with E-state index in [-0.39, 0.29) is 42.2 Å². The summed E-state index contributed by atoms with van der Waals surface area (Å²) in [5.41, 5.74) is 0.0880. The number of aromatic amines is 1. The second-order valence-electron chi connectivity index (χ2n) is 7.69. The predicted octanol–water partition coefficient (Wildman–Crippen LogP) is 1.45. The molecule has 0 saturated carbocycles. The van der Waals surface area contributed by atoms with Crippen molar-refractivity contribution in [2.45, 2.75) is 45.8 Å². The Morgan fingerprint density at radius 1 is 1.15 bits per heavy atom. The number of nitrogens with zero attached hydrogens (tertiary/aromatic N) is 5. The largest absolute Gasteiger partial charge is 0.453 e. The van der Waals surface area contributed by atoms with E-state index in [2.05, 4.69) is 15.1 Å². The van der Waals surface area contributed by atoms with E-state index in [9.17, 15) is 19.2 Å². The van der Waals surface area contributed by atoms with Crippen LogP contribution >= 0.6 is 0 Å². The molecule has 0 spiro atoms.